The van der Waals surface area contributed by atoms with Crippen LogP contribution in [0.2, 0.25) is 0 Å². The van der Waals surface area contributed by atoms with E-state index in [0.717, 1.165) is 28.3 Å². The largest absolute Gasteiger partial charge is 0.343 e. The molecule has 0 atom stereocenters. The van der Waals surface area contributed by atoms with Crippen molar-refractivity contribution in [2.75, 3.05) is 28.8 Å². The summed E-state index contributed by atoms with van der Waals surface area (Å²) >= 11 is 0. The molecule has 2 heterocycles. The van der Waals surface area contributed by atoms with Crippen LogP contribution < -0.4 is 9.21 Å². The Morgan fingerprint density at radius 3 is 2.39 bits per heavy atom. The van der Waals surface area contributed by atoms with Crippen molar-refractivity contribution in [3.05, 3.63) is 53.6 Å². The number of fused-ring (bicyclic) bond motifs is 1. The zero-order valence-corrected chi connectivity index (χ0v) is 18.9. The molecule has 2 aromatic rings. The third kappa shape index (κ3) is 3.80. The molecule has 0 unspecified atom stereocenters. The number of likely N-dealkylation sites (tertiary alicyclic amines) is 1. The molecule has 3 amide bonds. The van der Waals surface area contributed by atoms with Gasteiger partial charge in [-0.25, -0.2) is 13.2 Å². The van der Waals surface area contributed by atoms with E-state index in [1.54, 1.807) is 41.3 Å². The first-order valence-electron chi connectivity index (χ1n) is 10.5. The maximum Gasteiger partial charge on any atom is 0.343 e. The minimum Gasteiger partial charge on any atom is -0.341 e. The molecule has 0 aliphatic carbocycles. The maximum atomic E-state index is 13.5. The van der Waals surface area contributed by atoms with Gasteiger partial charge in [0.2, 0.25) is 5.91 Å². The SMILES string of the molecule is Cc1ccc(N2C(=O)N(CC(=O)N3CCC(C)CC3)c3ccccc3S2(=O)=O)cc1C. The summed E-state index contributed by atoms with van der Waals surface area (Å²) in [4.78, 5) is 29.5. The summed E-state index contributed by atoms with van der Waals surface area (Å²) in [6.45, 7) is 7.07. The number of benzene rings is 2. The van der Waals surface area contributed by atoms with E-state index < -0.39 is 16.1 Å². The predicted octanol–water partition coefficient (Wildman–Crippen LogP) is 3.70. The summed E-state index contributed by atoms with van der Waals surface area (Å²) in [5, 5.41) is 0. The van der Waals surface area contributed by atoms with Crippen LogP contribution in [0.15, 0.2) is 47.4 Å². The first kappa shape index (κ1) is 21.4. The number of aryl methyl sites for hydroxylation is 2. The lowest BCUT2D eigenvalue weighted by atomic mass is 9.99. The third-order valence-corrected chi connectivity index (χ3v) is 7.98. The molecular weight excluding hydrogens is 414 g/mol. The Morgan fingerprint density at radius 1 is 1.03 bits per heavy atom. The highest BCUT2D eigenvalue weighted by Gasteiger charge is 2.43. The van der Waals surface area contributed by atoms with E-state index in [4.69, 9.17) is 0 Å². The van der Waals surface area contributed by atoms with Gasteiger partial charge in [0.25, 0.3) is 10.0 Å². The molecule has 164 valence electrons. The van der Waals surface area contributed by atoms with Gasteiger partial charge in [-0.3, -0.25) is 9.69 Å². The Balaban J connectivity index is 1.74. The highest BCUT2D eigenvalue weighted by Crippen LogP contribution is 2.37. The van der Waals surface area contributed by atoms with Crippen LogP contribution in [0.4, 0.5) is 16.2 Å². The van der Waals surface area contributed by atoms with Crippen molar-refractivity contribution >= 4 is 33.3 Å². The molecule has 0 aromatic heterocycles. The minimum atomic E-state index is -4.10. The van der Waals surface area contributed by atoms with Gasteiger partial charge in [-0.15, -0.1) is 0 Å². The Bertz CT molecular complexity index is 1140. The van der Waals surface area contributed by atoms with Gasteiger partial charge in [0, 0.05) is 13.1 Å². The monoisotopic (exact) mass is 441 g/mol. The van der Waals surface area contributed by atoms with Crippen LogP contribution in [-0.2, 0) is 14.8 Å². The van der Waals surface area contributed by atoms with E-state index >= 15 is 0 Å². The Kier molecular flexibility index (Phi) is 5.51. The molecule has 8 heteroatoms. The quantitative estimate of drug-likeness (QED) is 0.728. The van der Waals surface area contributed by atoms with E-state index in [1.165, 1.54) is 11.0 Å². The number of para-hydroxylation sites is 1. The van der Waals surface area contributed by atoms with E-state index in [0.29, 0.717) is 19.0 Å². The van der Waals surface area contributed by atoms with Crippen molar-refractivity contribution < 1.29 is 18.0 Å². The van der Waals surface area contributed by atoms with Gasteiger partial charge in [-0.2, -0.15) is 4.31 Å². The lowest BCUT2D eigenvalue weighted by Gasteiger charge is -2.37. The second-order valence-electron chi connectivity index (χ2n) is 8.44. The van der Waals surface area contributed by atoms with Gasteiger partial charge < -0.3 is 4.90 Å². The molecule has 2 aliphatic rings. The summed E-state index contributed by atoms with van der Waals surface area (Å²) in [5.41, 5.74) is 2.39. The molecule has 0 bridgehead atoms. The zero-order chi connectivity index (χ0) is 22.3. The highest BCUT2D eigenvalue weighted by molar-refractivity contribution is 7.94. The number of anilines is 2. The topological polar surface area (TPSA) is 78.0 Å². The predicted molar refractivity (Wildman–Crippen MR) is 120 cm³/mol. The van der Waals surface area contributed by atoms with Gasteiger partial charge in [0.05, 0.1) is 11.4 Å². The van der Waals surface area contributed by atoms with Crippen LogP contribution in [0.1, 0.15) is 30.9 Å². The Morgan fingerprint density at radius 2 is 1.71 bits per heavy atom. The van der Waals surface area contributed by atoms with Crippen molar-refractivity contribution in [3.8, 4) is 0 Å². The average Bonchev–Trinajstić information content (AvgIpc) is 2.74. The number of urea groups is 1. The van der Waals surface area contributed by atoms with E-state index in [2.05, 4.69) is 6.92 Å². The molecule has 2 aromatic carbocycles. The summed E-state index contributed by atoms with van der Waals surface area (Å²) in [5.74, 6) is 0.404. The number of hydrogen-bond donors (Lipinski definition) is 0. The van der Waals surface area contributed by atoms with Gasteiger partial charge in [-0.05, 0) is 68.0 Å². The first-order chi connectivity index (χ1) is 14.7. The van der Waals surface area contributed by atoms with Gasteiger partial charge in [0.15, 0.2) is 0 Å². The van der Waals surface area contributed by atoms with Crippen molar-refractivity contribution in [2.45, 2.75) is 38.5 Å². The first-order valence-corrected chi connectivity index (χ1v) is 11.9. The summed E-state index contributed by atoms with van der Waals surface area (Å²) < 4.78 is 27.5. The molecule has 0 N–H and O–H groups in total. The number of carbonyl (C=O) groups excluding carboxylic acids is 2. The normalized spacial score (nSPS) is 18.8. The zero-order valence-electron chi connectivity index (χ0n) is 18.0. The van der Waals surface area contributed by atoms with Gasteiger partial charge in [0.1, 0.15) is 11.4 Å². The standard InChI is InChI=1S/C23H27N3O4S/c1-16-10-12-24(13-11-16)22(27)15-25-20-6-4-5-7-21(20)31(29,30)26(23(25)28)19-9-8-17(2)18(3)14-19/h4-9,14,16H,10-13,15H2,1-3H3. The highest BCUT2D eigenvalue weighted by atomic mass is 32.2. The van der Waals surface area contributed by atoms with E-state index in [9.17, 15) is 18.0 Å². The Labute approximate surface area is 183 Å². The number of carbonyl (C=O) groups is 2. The van der Waals surface area contributed by atoms with Crippen LogP contribution in [0, 0.1) is 19.8 Å². The van der Waals surface area contributed by atoms with E-state index in [1.807, 2.05) is 13.8 Å². The van der Waals surface area contributed by atoms with Crippen molar-refractivity contribution in [1.29, 1.82) is 0 Å². The number of hydrogen-bond acceptors (Lipinski definition) is 4. The van der Waals surface area contributed by atoms with Gasteiger partial charge >= 0.3 is 6.03 Å². The Hall–Kier alpha value is -2.87. The summed E-state index contributed by atoms with van der Waals surface area (Å²) in [6, 6.07) is 10.7. The molecule has 31 heavy (non-hydrogen) atoms. The number of piperidine rings is 1. The number of sulfonamides is 1. The molecule has 0 spiro atoms. The van der Waals surface area contributed by atoms with Crippen LogP contribution in [0.25, 0.3) is 0 Å². The minimum absolute atomic E-state index is 0.0212. The fraction of sp³-hybridized carbons (Fsp3) is 0.391. The van der Waals surface area contributed by atoms with Crippen molar-refractivity contribution in [3.63, 3.8) is 0 Å². The lowest BCUT2D eigenvalue weighted by Crippen LogP contribution is -2.54. The second kappa shape index (κ2) is 8.00. The third-order valence-electron chi connectivity index (χ3n) is 6.23. The fourth-order valence-corrected chi connectivity index (χ4v) is 5.64. The maximum absolute atomic E-state index is 13.5. The summed E-state index contributed by atoms with van der Waals surface area (Å²) in [7, 11) is -4.10. The number of nitrogens with zero attached hydrogens (tertiary/aromatic N) is 3. The number of amides is 3. The van der Waals surface area contributed by atoms with Crippen molar-refractivity contribution in [1.82, 2.24) is 4.90 Å². The smallest absolute Gasteiger partial charge is 0.341 e. The lowest BCUT2D eigenvalue weighted by molar-refractivity contribution is -0.130. The molecule has 0 saturated carbocycles. The van der Waals surface area contributed by atoms with Crippen LogP contribution in [0.3, 0.4) is 0 Å². The van der Waals surface area contributed by atoms with Crippen LogP contribution in [-0.4, -0.2) is 44.9 Å². The molecule has 4 rings (SSSR count). The molecule has 2 aliphatic heterocycles. The molecule has 7 nitrogen and oxygen atoms in total. The number of rotatable bonds is 3. The molecule has 1 saturated heterocycles. The fourth-order valence-electron chi connectivity index (χ4n) is 4.06. The molecule has 0 radical (unpaired) electrons. The molecular formula is C23H27N3O4S. The van der Waals surface area contributed by atoms with E-state index in [-0.39, 0.29) is 28.7 Å². The van der Waals surface area contributed by atoms with Crippen molar-refractivity contribution in [2.24, 2.45) is 5.92 Å². The van der Waals surface area contributed by atoms with Gasteiger partial charge in [-0.1, -0.05) is 25.1 Å². The van der Waals surface area contributed by atoms with Crippen LogP contribution >= 0.6 is 0 Å². The van der Waals surface area contributed by atoms with Crippen LogP contribution in [0.5, 0.6) is 0 Å². The summed E-state index contributed by atoms with van der Waals surface area (Å²) in [6.07, 6.45) is 1.86. The molecule has 1 fully saturated rings. The average molecular weight is 442 g/mol. The second-order valence-corrected chi connectivity index (χ2v) is 10.2.